The Morgan fingerprint density at radius 3 is 2.50 bits per heavy atom. The van der Waals surface area contributed by atoms with Crippen LogP contribution in [0.5, 0.6) is 5.75 Å². The summed E-state index contributed by atoms with van der Waals surface area (Å²) in [5, 5.41) is 9.53. The second-order valence-electron chi connectivity index (χ2n) is 7.96. The summed E-state index contributed by atoms with van der Waals surface area (Å²) in [6.45, 7) is 7.28. The van der Waals surface area contributed by atoms with Crippen LogP contribution in [0.1, 0.15) is 64.9 Å². The molecule has 3 rings (SSSR count). The van der Waals surface area contributed by atoms with Gasteiger partial charge in [0.25, 0.3) is 0 Å². The van der Waals surface area contributed by atoms with Gasteiger partial charge >= 0.3 is 0 Å². The zero-order valence-electron chi connectivity index (χ0n) is 13.2. The molecule has 4 atom stereocenters. The topological polar surface area (TPSA) is 20.2 Å². The van der Waals surface area contributed by atoms with E-state index in [1.54, 1.807) is 0 Å². The largest absolute Gasteiger partial charge is 0.508 e. The molecule has 0 amide bonds. The molecule has 2 bridgehead atoms. The first-order valence-electron chi connectivity index (χ1n) is 8.24. The van der Waals surface area contributed by atoms with E-state index in [4.69, 9.17) is 0 Å². The molecule has 0 spiro atoms. The molecule has 1 aromatic rings. The van der Waals surface area contributed by atoms with Crippen LogP contribution >= 0.6 is 0 Å². The average Bonchev–Trinajstić information content (AvgIpc) is 2.37. The molecule has 20 heavy (non-hydrogen) atoms. The van der Waals surface area contributed by atoms with Crippen LogP contribution in [0.4, 0.5) is 0 Å². The predicted octanol–water partition coefficient (Wildman–Crippen LogP) is 5.28. The van der Waals surface area contributed by atoms with E-state index in [9.17, 15) is 5.11 Å². The first-order chi connectivity index (χ1) is 9.45. The Kier molecular flexibility index (Phi) is 3.35. The zero-order chi connectivity index (χ0) is 14.4. The summed E-state index contributed by atoms with van der Waals surface area (Å²) < 4.78 is 0. The van der Waals surface area contributed by atoms with E-state index in [0.717, 1.165) is 11.8 Å². The van der Waals surface area contributed by atoms with Crippen molar-refractivity contribution < 1.29 is 5.11 Å². The lowest BCUT2D eigenvalue weighted by Gasteiger charge is -2.54. The number of phenolic OH excluding ortho intramolecular Hbond substituents is 1. The van der Waals surface area contributed by atoms with E-state index < -0.39 is 0 Å². The molecule has 0 aromatic heterocycles. The van der Waals surface area contributed by atoms with Gasteiger partial charge in [-0.3, -0.25) is 0 Å². The molecule has 1 aromatic carbocycles. The SMILES string of the molecule is CCC12CC(C)CC(C1)CC(C)(c1ccc(O)cc1)C2. The Bertz CT molecular complexity index is 473. The van der Waals surface area contributed by atoms with Crippen molar-refractivity contribution in [2.75, 3.05) is 0 Å². The van der Waals surface area contributed by atoms with E-state index in [-0.39, 0.29) is 0 Å². The van der Waals surface area contributed by atoms with Gasteiger partial charge in [-0.25, -0.2) is 0 Å². The molecule has 0 saturated heterocycles. The highest BCUT2D eigenvalue weighted by Gasteiger charge is 2.49. The van der Waals surface area contributed by atoms with Crippen LogP contribution in [0, 0.1) is 17.3 Å². The zero-order valence-corrected chi connectivity index (χ0v) is 13.2. The summed E-state index contributed by atoms with van der Waals surface area (Å²) in [6, 6.07) is 7.99. The molecule has 1 N–H and O–H groups in total. The fourth-order valence-corrected chi connectivity index (χ4v) is 5.50. The lowest BCUT2D eigenvalue weighted by atomic mass is 9.50. The average molecular weight is 272 g/mol. The van der Waals surface area contributed by atoms with Crippen LogP contribution in [0.3, 0.4) is 0 Å². The van der Waals surface area contributed by atoms with Gasteiger partial charge in [-0.15, -0.1) is 0 Å². The molecule has 2 saturated carbocycles. The number of aromatic hydroxyl groups is 1. The number of benzene rings is 1. The molecule has 0 heterocycles. The summed E-state index contributed by atoms with van der Waals surface area (Å²) in [7, 11) is 0. The summed E-state index contributed by atoms with van der Waals surface area (Å²) in [6.07, 6.45) is 8.23. The molecule has 2 aliphatic rings. The standard InChI is InChI=1S/C19H28O/c1-4-19-10-14(2)9-15(12-19)11-18(3,13-19)16-5-7-17(20)8-6-16/h5-8,14-15,20H,4,9-13H2,1-3H3. The monoisotopic (exact) mass is 272 g/mol. The van der Waals surface area contributed by atoms with Crippen molar-refractivity contribution in [1.29, 1.82) is 0 Å². The highest BCUT2D eigenvalue weighted by molar-refractivity contribution is 5.32. The molecule has 110 valence electrons. The van der Waals surface area contributed by atoms with Crippen LogP contribution in [0.25, 0.3) is 0 Å². The van der Waals surface area contributed by atoms with Crippen molar-refractivity contribution in [3.63, 3.8) is 0 Å². The molecule has 0 radical (unpaired) electrons. The lowest BCUT2D eigenvalue weighted by Crippen LogP contribution is -2.45. The van der Waals surface area contributed by atoms with Crippen molar-refractivity contribution >= 4 is 0 Å². The Morgan fingerprint density at radius 2 is 1.85 bits per heavy atom. The van der Waals surface area contributed by atoms with Gasteiger partial charge in [-0.2, -0.15) is 0 Å². The lowest BCUT2D eigenvalue weighted by molar-refractivity contribution is 0.0000687. The van der Waals surface area contributed by atoms with Crippen LogP contribution < -0.4 is 0 Å². The van der Waals surface area contributed by atoms with Gasteiger partial charge in [0.1, 0.15) is 5.75 Å². The van der Waals surface area contributed by atoms with Crippen molar-refractivity contribution in [3.8, 4) is 5.75 Å². The molecular weight excluding hydrogens is 244 g/mol. The summed E-state index contributed by atoms with van der Waals surface area (Å²) in [5.41, 5.74) is 2.28. The van der Waals surface area contributed by atoms with E-state index in [1.807, 2.05) is 12.1 Å². The fourth-order valence-electron chi connectivity index (χ4n) is 5.50. The van der Waals surface area contributed by atoms with Crippen molar-refractivity contribution in [2.24, 2.45) is 17.3 Å². The maximum Gasteiger partial charge on any atom is 0.115 e. The molecule has 4 unspecified atom stereocenters. The van der Waals surface area contributed by atoms with E-state index in [1.165, 1.54) is 44.1 Å². The first kappa shape index (κ1) is 14.0. The van der Waals surface area contributed by atoms with Crippen LogP contribution in [0.2, 0.25) is 0 Å². The van der Waals surface area contributed by atoms with E-state index in [0.29, 0.717) is 16.6 Å². The Hall–Kier alpha value is -0.980. The highest BCUT2D eigenvalue weighted by Crippen LogP contribution is 2.59. The maximum atomic E-state index is 9.53. The van der Waals surface area contributed by atoms with Gasteiger partial charge in [-0.1, -0.05) is 39.3 Å². The molecule has 2 fully saturated rings. The van der Waals surface area contributed by atoms with Gasteiger partial charge in [0.05, 0.1) is 0 Å². The van der Waals surface area contributed by atoms with E-state index in [2.05, 4.69) is 32.9 Å². The second kappa shape index (κ2) is 4.79. The minimum Gasteiger partial charge on any atom is -0.508 e. The first-order valence-corrected chi connectivity index (χ1v) is 8.24. The normalized spacial score (nSPS) is 40.5. The number of phenols is 1. The number of fused-ring (bicyclic) bond motifs is 2. The third-order valence-electron chi connectivity index (χ3n) is 6.06. The molecule has 1 heteroatoms. The van der Waals surface area contributed by atoms with Gasteiger partial charge in [0.2, 0.25) is 0 Å². The van der Waals surface area contributed by atoms with Crippen molar-refractivity contribution in [3.05, 3.63) is 29.8 Å². The minimum absolute atomic E-state index is 0.298. The Morgan fingerprint density at radius 1 is 1.15 bits per heavy atom. The summed E-state index contributed by atoms with van der Waals surface area (Å²) >= 11 is 0. The Labute approximate surface area is 123 Å². The van der Waals surface area contributed by atoms with Gasteiger partial charge in [0.15, 0.2) is 0 Å². The van der Waals surface area contributed by atoms with Gasteiger partial charge in [0, 0.05) is 0 Å². The van der Waals surface area contributed by atoms with Crippen LogP contribution in [-0.4, -0.2) is 5.11 Å². The number of hydrogen-bond donors (Lipinski definition) is 1. The number of hydrogen-bond acceptors (Lipinski definition) is 1. The van der Waals surface area contributed by atoms with Crippen LogP contribution in [-0.2, 0) is 5.41 Å². The van der Waals surface area contributed by atoms with Crippen LogP contribution in [0.15, 0.2) is 24.3 Å². The van der Waals surface area contributed by atoms with Gasteiger partial charge in [-0.05, 0) is 72.5 Å². The summed E-state index contributed by atoms with van der Waals surface area (Å²) in [5.74, 6) is 2.18. The van der Waals surface area contributed by atoms with Gasteiger partial charge < -0.3 is 5.11 Å². The fraction of sp³-hybridized carbons (Fsp3) is 0.684. The molecule has 1 nitrogen and oxygen atoms in total. The molecule has 0 aliphatic heterocycles. The Balaban J connectivity index is 1.93. The van der Waals surface area contributed by atoms with Crippen molar-refractivity contribution in [2.45, 2.75) is 64.7 Å². The maximum absolute atomic E-state index is 9.53. The van der Waals surface area contributed by atoms with E-state index >= 15 is 0 Å². The smallest absolute Gasteiger partial charge is 0.115 e. The molecular formula is C19H28O. The second-order valence-corrected chi connectivity index (χ2v) is 7.96. The predicted molar refractivity (Wildman–Crippen MR) is 83.9 cm³/mol. The quantitative estimate of drug-likeness (QED) is 0.777. The minimum atomic E-state index is 0.298. The third-order valence-corrected chi connectivity index (χ3v) is 6.06. The van der Waals surface area contributed by atoms with Crippen molar-refractivity contribution in [1.82, 2.24) is 0 Å². The third kappa shape index (κ3) is 2.36. The number of rotatable bonds is 2. The highest BCUT2D eigenvalue weighted by atomic mass is 16.3. The summed E-state index contributed by atoms with van der Waals surface area (Å²) in [4.78, 5) is 0. The molecule has 2 aliphatic carbocycles.